The number of fused-ring (bicyclic) bond motifs is 11. The van der Waals surface area contributed by atoms with Crippen molar-refractivity contribution < 1.29 is 4.74 Å². The van der Waals surface area contributed by atoms with Gasteiger partial charge in [-0.3, -0.25) is 0 Å². The van der Waals surface area contributed by atoms with E-state index in [4.69, 9.17) is 14.7 Å². The molecule has 2 aliphatic rings. The molecule has 0 bridgehead atoms. The highest BCUT2D eigenvalue weighted by molar-refractivity contribution is 5.97. The van der Waals surface area contributed by atoms with Gasteiger partial charge in [0, 0.05) is 27.6 Å². The van der Waals surface area contributed by atoms with Crippen molar-refractivity contribution in [2.45, 2.75) is 5.41 Å². The fraction of sp³-hybridized carbons (Fsp3) is 0.0196. The van der Waals surface area contributed by atoms with Gasteiger partial charge in [0.25, 0.3) is 0 Å². The van der Waals surface area contributed by atoms with Crippen LogP contribution in [0.4, 0.5) is 0 Å². The molecule has 11 rings (SSSR count). The molecule has 0 fully saturated rings. The molecular formula is C51H32N2O. The minimum absolute atomic E-state index is 0.615. The number of ether oxygens (including phenoxy) is 1. The molecule has 3 heteroatoms. The van der Waals surface area contributed by atoms with E-state index in [1.165, 1.54) is 22.3 Å². The van der Waals surface area contributed by atoms with Crippen LogP contribution in [0.25, 0.3) is 66.9 Å². The molecule has 0 saturated carbocycles. The number of aromatic nitrogens is 2. The van der Waals surface area contributed by atoms with E-state index in [0.29, 0.717) is 5.82 Å². The number of hydrogen-bond acceptors (Lipinski definition) is 3. The largest absolute Gasteiger partial charge is 0.455 e. The van der Waals surface area contributed by atoms with Gasteiger partial charge in [0.2, 0.25) is 0 Å². The van der Waals surface area contributed by atoms with Gasteiger partial charge in [-0.05, 0) is 50.9 Å². The van der Waals surface area contributed by atoms with Crippen LogP contribution >= 0.6 is 0 Å². The van der Waals surface area contributed by atoms with Gasteiger partial charge < -0.3 is 4.74 Å². The molecular weight excluding hydrogens is 657 g/mol. The Morgan fingerprint density at radius 2 is 0.889 bits per heavy atom. The first-order valence-corrected chi connectivity index (χ1v) is 18.4. The Hall–Kier alpha value is -7.10. The molecule has 0 radical (unpaired) electrons. The molecule has 9 aromatic rings. The van der Waals surface area contributed by atoms with Crippen molar-refractivity contribution in [1.82, 2.24) is 9.97 Å². The van der Waals surface area contributed by atoms with Gasteiger partial charge in [-0.2, -0.15) is 0 Å². The fourth-order valence-electron chi connectivity index (χ4n) is 8.87. The van der Waals surface area contributed by atoms with Gasteiger partial charge in [-0.1, -0.05) is 182 Å². The lowest BCUT2D eigenvalue weighted by Gasteiger charge is -2.40. The van der Waals surface area contributed by atoms with Crippen LogP contribution < -0.4 is 4.74 Å². The second kappa shape index (κ2) is 12.0. The third-order valence-corrected chi connectivity index (χ3v) is 11.2. The summed E-state index contributed by atoms with van der Waals surface area (Å²) in [5.74, 6) is 2.26. The first-order valence-electron chi connectivity index (χ1n) is 18.4. The lowest BCUT2D eigenvalue weighted by Crippen LogP contribution is -2.32. The smallest absolute Gasteiger partial charge is 0.164 e. The molecule has 252 valence electrons. The first kappa shape index (κ1) is 30.5. The third kappa shape index (κ3) is 4.42. The van der Waals surface area contributed by atoms with Crippen LogP contribution in [0.5, 0.6) is 11.5 Å². The van der Waals surface area contributed by atoms with E-state index in [9.17, 15) is 0 Å². The van der Waals surface area contributed by atoms with Crippen molar-refractivity contribution in [2.24, 2.45) is 0 Å². The molecule has 3 nitrogen and oxygen atoms in total. The normalized spacial score (nSPS) is 13.1. The average Bonchev–Trinajstić information content (AvgIpc) is 3.54. The van der Waals surface area contributed by atoms with Crippen molar-refractivity contribution in [3.8, 4) is 67.7 Å². The number of rotatable bonds is 4. The van der Waals surface area contributed by atoms with Crippen LogP contribution in [0.2, 0.25) is 0 Å². The van der Waals surface area contributed by atoms with Crippen molar-refractivity contribution in [3.05, 3.63) is 216 Å². The second-order valence-electron chi connectivity index (χ2n) is 14.0. The Morgan fingerprint density at radius 3 is 1.63 bits per heavy atom. The van der Waals surface area contributed by atoms with E-state index in [2.05, 4.69) is 188 Å². The van der Waals surface area contributed by atoms with Crippen molar-refractivity contribution in [3.63, 3.8) is 0 Å². The average molecular weight is 689 g/mol. The van der Waals surface area contributed by atoms with E-state index >= 15 is 0 Å². The summed E-state index contributed by atoms with van der Waals surface area (Å²) in [4.78, 5) is 10.8. The zero-order valence-electron chi connectivity index (χ0n) is 29.3. The number of nitrogens with zero attached hydrogens (tertiary/aromatic N) is 2. The quantitative estimate of drug-likeness (QED) is 0.185. The Bertz CT molecular complexity index is 2870. The molecule has 1 aliphatic carbocycles. The number of benzene rings is 8. The summed E-state index contributed by atoms with van der Waals surface area (Å²) in [6.07, 6.45) is 0. The zero-order chi connectivity index (χ0) is 35.6. The minimum Gasteiger partial charge on any atom is -0.455 e. The lowest BCUT2D eigenvalue weighted by atomic mass is 9.65. The highest BCUT2D eigenvalue weighted by atomic mass is 16.5. The summed E-state index contributed by atoms with van der Waals surface area (Å²) < 4.78 is 7.30. The molecule has 1 aliphatic heterocycles. The molecule has 0 unspecified atom stereocenters. The van der Waals surface area contributed by atoms with E-state index in [1.54, 1.807) is 0 Å². The Morgan fingerprint density at radius 1 is 0.352 bits per heavy atom. The fourth-order valence-corrected chi connectivity index (χ4v) is 8.87. The summed E-state index contributed by atoms with van der Waals surface area (Å²) in [6.45, 7) is 0. The summed E-state index contributed by atoms with van der Waals surface area (Å²) in [6, 6.07) is 68.7. The van der Waals surface area contributed by atoms with E-state index in [1.807, 2.05) is 6.07 Å². The van der Waals surface area contributed by atoms with Crippen LogP contribution in [-0.2, 0) is 5.41 Å². The van der Waals surface area contributed by atoms with Gasteiger partial charge in [0.05, 0.1) is 22.4 Å². The third-order valence-electron chi connectivity index (χ3n) is 11.2. The highest BCUT2D eigenvalue weighted by Crippen LogP contribution is 2.64. The van der Waals surface area contributed by atoms with Crippen LogP contribution in [0.3, 0.4) is 0 Å². The molecule has 0 N–H and O–H groups in total. The van der Waals surface area contributed by atoms with Crippen molar-refractivity contribution in [1.29, 1.82) is 0 Å². The van der Waals surface area contributed by atoms with Crippen LogP contribution in [0.1, 0.15) is 22.3 Å². The molecule has 0 amide bonds. The molecule has 1 spiro atoms. The molecule has 54 heavy (non-hydrogen) atoms. The molecule has 8 aromatic carbocycles. The maximum atomic E-state index is 7.30. The standard InChI is InChI=1S/C51H32N2O/c1-3-16-33(17-4-1)36-21-9-10-25-40(36)47-32-46(35-19-5-2-6-20-35)52-50(53-47)41-26-15-29-44-49(41)54-48-37-22-8-7-18-34(37)30-31-45(48)51(44)42-27-13-11-23-38(42)39-24-12-14-28-43(39)51/h1-32H. The molecule has 0 atom stereocenters. The summed E-state index contributed by atoms with van der Waals surface area (Å²) in [7, 11) is 0. The molecule has 0 saturated heterocycles. The second-order valence-corrected chi connectivity index (χ2v) is 14.0. The summed E-state index contributed by atoms with van der Waals surface area (Å²) in [5.41, 5.74) is 13.5. The van der Waals surface area contributed by atoms with Gasteiger partial charge in [-0.15, -0.1) is 0 Å². The predicted molar refractivity (Wildman–Crippen MR) is 219 cm³/mol. The summed E-state index contributed by atoms with van der Waals surface area (Å²) in [5, 5.41) is 2.21. The van der Waals surface area contributed by atoms with Crippen LogP contribution in [0.15, 0.2) is 194 Å². The lowest BCUT2D eigenvalue weighted by molar-refractivity contribution is 0.443. The van der Waals surface area contributed by atoms with Gasteiger partial charge in [-0.25, -0.2) is 9.97 Å². The molecule has 2 heterocycles. The van der Waals surface area contributed by atoms with Gasteiger partial charge in [0.1, 0.15) is 11.5 Å². The first-order chi connectivity index (χ1) is 26.8. The Labute approximate surface area is 313 Å². The SMILES string of the molecule is c1ccc(-c2cc(-c3ccccc3-c3ccccc3)nc(-c3cccc4c3Oc3c(ccc5ccccc35)C43c4ccccc4-c4ccccc43)n2)cc1. The van der Waals surface area contributed by atoms with E-state index in [0.717, 1.165) is 72.6 Å². The predicted octanol–water partition coefficient (Wildman–Crippen LogP) is 12.8. The monoisotopic (exact) mass is 688 g/mol. The van der Waals surface area contributed by atoms with Crippen LogP contribution in [0, 0.1) is 0 Å². The maximum absolute atomic E-state index is 7.30. The maximum Gasteiger partial charge on any atom is 0.164 e. The Kier molecular flexibility index (Phi) is 6.77. The summed E-state index contributed by atoms with van der Waals surface area (Å²) >= 11 is 0. The topological polar surface area (TPSA) is 35.0 Å². The van der Waals surface area contributed by atoms with Gasteiger partial charge >= 0.3 is 0 Å². The number of hydrogen-bond donors (Lipinski definition) is 0. The number of para-hydroxylation sites is 1. The van der Waals surface area contributed by atoms with Crippen molar-refractivity contribution in [2.75, 3.05) is 0 Å². The van der Waals surface area contributed by atoms with Crippen molar-refractivity contribution >= 4 is 10.8 Å². The van der Waals surface area contributed by atoms with E-state index < -0.39 is 5.41 Å². The minimum atomic E-state index is -0.615. The van der Waals surface area contributed by atoms with Gasteiger partial charge in [0.15, 0.2) is 5.82 Å². The van der Waals surface area contributed by atoms with E-state index in [-0.39, 0.29) is 0 Å². The Balaban J connectivity index is 1.22. The highest BCUT2D eigenvalue weighted by Gasteiger charge is 2.51. The molecule has 1 aromatic heterocycles. The van der Waals surface area contributed by atoms with Crippen LogP contribution in [-0.4, -0.2) is 9.97 Å². The zero-order valence-corrected chi connectivity index (χ0v) is 29.3.